The zero-order valence-corrected chi connectivity index (χ0v) is 15.8. The van der Waals surface area contributed by atoms with Gasteiger partial charge in [-0.15, -0.1) is 0 Å². The first kappa shape index (κ1) is 19.1. The van der Waals surface area contributed by atoms with Gasteiger partial charge in [0, 0.05) is 22.5 Å². The van der Waals surface area contributed by atoms with E-state index in [2.05, 4.69) is 12.2 Å². The van der Waals surface area contributed by atoms with Crippen LogP contribution in [0.25, 0.3) is 0 Å². The summed E-state index contributed by atoms with van der Waals surface area (Å²) >= 11 is 6.07. The molecule has 0 spiro atoms. The molecule has 5 nitrogen and oxygen atoms in total. The maximum Gasteiger partial charge on any atom is 0.336 e. The van der Waals surface area contributed by atoms with E-state index in [9.17, 15) is 18.3 Å². The van der Waals surface area contributed by atoms with E-state index in [0.29, 0.717) is 29.1 Å². The molecule has 0 aromatic heterocycles. The second-order valence-corrected chi connectivity index (χ2v) is 9.48. The van der Waals surface area contributed by atoms with Crippen LogP contribution in [0.5, 0.6) is 0 Å². The molecular weight excluding hydrogens is 350 g/mol. The molecule has 1 aromatic rings. The number of sulfone groups is 1. The molecule has 1 fully saturated rings. The summed E-state index contributed by atoms with van der Waals surface area (Å²) in [5.41, 5.74) is 1.30. The van der Waals surface area contributed by atoms with Gasteiger partial charge in [0.1, 0.15) is 9.84 Å². The highest BCUT2D eigenvalue weighted by atomic mass is 35.5. The Bertz CT molecular complexity index is 737. The summed E-state index contributed by atoms with van der Waals surface area (Å²) in [6.07, 6.45) is 4.82. The summed E-state index contributed by atoms with van der Waals surface area (Å²) in [5, 5.41) is 12.9. The van der Waals surface area contributed by atoms with Crippen LogP contribution in [0.1, 0.15) is 54.9 Å². The Morgan fingerprint density at radius 2 is 1.96 bits per heavy atom. The van der Waals surface area contributed by atoms with E-state index in [1.165, 1.54) is 12.3 Å². The minimum Gasteiger partial charge on any atom is -0.478 e. The Labute approximate surface area is 148 Å². The van der Waals surface area contributed by atoms with Crippen LogP contribution >= 0.6 is 11.6 Å². The van der Waals surface area contributed by atoms with E-state index in [1.807, 2.05) is 0 Å². The molecule has 0 saturated heterocycles. The van der Waals surface area contributed by atoms with Crippen molar-refractivity contribution in [1.82, 2.24) is 0 Å². The van der Waals surface area contributed by atoms with Crippen LogP contribution in [0.4, 0.5) is 5.69 Å². The Hall–Kier alpha value is -1.27. The van der Waals surface area contributed by atoms with Gasteiger partial charge in [-0.25, -0.2) is 13.2 Å². The highest BCUT2D eigenvalue weighted by molar-refractivity contribution is 7.91. The fourth-order valence-electron chi connectivity index (χ4n) is 3.46. The largest absolute Gasteiger partial charge is 0.478 e. The average Bonchev–Trinajstić information content (AvgIpc) is 2.50. The number of benzene rings is 1. The van der Waals surface area contributed by atoms with Crippen LogP contribution in [-0.4, -0.2) is 36.5 Å². The summed E-state index contributed by atoms with van der Waals surface area (Å²) in [5.74, 6) is -1.01. The number of carbonyl (C=O) groups is 1. The molecule has 2 rings (SSSR count). The van der Waals surface area contributed by atoms with Gasteiger partial charge in [-0.3, -0.25) is 0 Å². The predicted octanol–water partition coefficient (Wildman–Crippen LogP) is 3.89. The lowest BCUT2D eigenvalue weighted by molar-refractivity contribution is 0.0696. The van der Waals surface area contributed by atoms with Crippen LogP contribution < -0.4 is 5.32 Å². The van der Waals surface area contributed by atoms with Gasteiger partial charge in [-0.1, -0.05) is 18.5 Å². The SMILES string of the molecule is CCC1(Nc2cc(Cl)cc(C(=O)O)c2C)CCC(S(C)(=O)=O)CC1. The summed E-state index contributed by atoms with van der Waals surface area (Å²) in [4.78, 5) is 11.4. The van der Waals surface area contributed by atoms with Crippen molar-refractivity contribution in [2.75, 3.05) is 11.6 Å². The molecule has 0 aliphatic heterocycles. The number of aromatic carboxylic acids is 1. The Kier molecular flexibility index (Phi) is 5.50. The van der Waals surface area contributed by atoms with Gasteiger partial charge < -0.3 is 10.4 Å². The predicted molar refractivity (Wildman–Crippen MR) is 96.9 cm³/mol. The zero-order valence-electron chi connectivity index (χ0n) is 14.2. The van der Waals surface area contributed by atoms with Gasteiger partial charge in [0.15, 0.2) is 0 Å². The normalized spacial score (nSPS) is 24.6. The number of hydrogen-bond donors (Lipinski definition) is 2. The number of hydrogen-bond acceptors (Lipinski definition) is 4. The third-order valence-electron chi connectivity index (χ3n) is 5.17. The summed E-state index contributed by atoms with van der Waals surface area (Å²) < 4.78 is 23.5. The van der Waals surface area contributed by atoms with Crippen LogP contribution in [-0.2, 0) is 9.84 Å². The molecule has 0 heterocycles. The van der Waals surface area contributed by atoms with E-state index < -0.39 is 15.8 Å². The fourth-order valence-corrected chi connectivity index (χ4v) is 4.77. The quantitative estimate of drug-likeness (QED) is 0.817. The third kappa shape index (κ3) is 4.03. The summed E-state index contributed by atoms with van der Waals surface area (Å²) in [6, 6.07) is 3.19. The number of rotatable bonds is 5. The summed E-state index contributed by atoms with van der Waals surface area (Å²) in [7, 11) is -3.02. The fraction of sp³-hybridized carbons (Fsp3) is 0.588. The van der Waals surface area contributed by atoms with Crippen molar-refractivity contribution in [3.8, 4) is 0 Å². The smallest absolute Gasteiger partial charge is 0.336 e. The molecule has 134 valence electrons. The van der Waals surface area contributed by atoms with Crippen molar-refractivity contribution >= 4 is 33.1 Å². The third-order valence-corrected chi connectivity index (χ3v) is 7.08. The Morgan fingerprint density at radius 1 is 1.38 bits per heavy atom. The van der Waals surface area contributed by atoms with Gasteiger partial charge in [0.05, 0.1) is 10.8 Å². The number of halogens is 1. The second kappa shape index (κ2) is 6.92. The van der Waals surface area contributed by atoms with Crippen molar-refractivity contribution in [1.29, 1.82) is 0 Å². The molecule has 0 unspecified atom stereocenters. The van der Waals surface area contributed by atoms with Gasteiger partial charge >= 0.3 is 5.97 Å². The van der Waals surface area contributed by atoms with Crippen LogP contribution in [0.2, 0.25) is 5.02 Å². The minimum atomic E-state index is -3.02. The number of carboxylic acids is 1. The number of anilines is 1. The van der Waals surface area contributed by atoms with Crippen LogP contribution in [0.15, 0.2) is 12.1 Å². The molecule has 0 bridgehead atoms. The highest BCUT2D eigenvalue weighted by Gasteiger charge is 2.37. The van der Waals surface area contributed by atoms with E-state index in [1.54, 1.807) is 13.0 Å². The van der Waals surface area contributed by atoms with Crippen molar-refractivity contribution in [3.05, 3.63) is 28.3 Å². The second-order valence-electron chi connectivity index (χ2n) is 6.72. The first-order valence-corrected chi connectivity index (χ1v) is 10.4. The van der Waals surface area contributed by atoms with E-state index in [-0.39, 0.29) is 16.4 Å². The lowest BCUT2D eigenvalue weighted by Gasteiger charge is -2.41. The molecule has 0 atom stereocenters. The molecular formula is C17H24ClNO4S. The molecule has 0 radical (unpaired) electrons. The van der Waals surface area contributed by atoms with Crippen LogP contribution in [0, 0.1) is 6.92 Å². The van der Waals surface area contributed by atoms with E-state index in [4.69, 9.17) is 11.6 Å². The lowest BCUT2D eigenvalue weighted by Crippen LogP contribution is -2.44. The highest BCUT2D eigenvalue weighted by Crippen LogP contribution is 2.38. The molecule has 1 aromatic carbocycles. The van der Waals surface area contributed by atoms with Gasteiger partial charge in [0.2, 0.25) is 0 Å². The average molecular weight is 374 g/mol. The van der Waals surface area contributed by atoms with Crippen molar-refractivity contribution in [3.63, 3.8) is 0 Å². The molecule has 1 aliphatic carbocycles. The van der Waals surface area contributed by atoms with Gasteiger partial charge in [-0.05, 0) is 56.7 Å². The molecule has 0 amide bonds. The molecule has 7 heteroatoms. The maximum absolute atomic E-state index is 11.8. The first-order valence-electron chi connectivity index (χ1n) is 8.08. The van der Waals surface area contributed by atoms with Crippen molar-refractivity contribution < 1.29 is 18.3 Å². The Balaban J connectivity index is 2.28. The topological polar surface area (TPSA) is 83.5 Å². The number of carboxylic acid groups (broad SMARTS) is 1. The zero-order chi connectivity index (χ0) is 18.1. The summed E-state index contributed by atoms with van der Waals surface area (Å²) in [6.45, 7) is 3.82. The molecule has 1 saturated carbocycles. The van der Waals surface area contributed by atoms with Crippen LogP contribution in [0.3, 0.4) is 0 Å². The molecule has 24 heavy (non-hydrogen) atoms. The van der Waals surface area contributed by atoms with E-state index in [0.717, 1.165) is 19.3 Å². The van der Waals surface area contributed by atoms with E-state index >= 15 is 0 Å². The van der Waals surface area contributed by atoms with Crippen molar-refractivity contribution in [2.24, 2.45) is 0 Å². The molecule has 2 N–H and O–H groups in total. The monoisotopic (exact) mass is 373 g/mol. The first-order chi connectivity index (χ1) is 11.1. The van der Waals surface area contributed by atoms with Gasteiger partial charge in [0.25, 0.3) is 0 Å². The van der Waals surface area contributed by atoms with Gasteiger partial charge in [-0.2, -0.15) is 0 Å². The standard InChI is InChI=1S/C17H24ClNO4S/c1-4-17(7-5-13(6-8-17)24(3,22)23)19-15-10-12(18)9-14(11(15)2)16(20)21/h9-10,13,19H,4-8H2,1-3H3,(H,20,21). The molecule has 1 aliphatic rings. The minimum absolute atomic E-state index is 0.182. The van der Waals surface area contributed by atoms with Crippen molar-refractivity contribution in [2.45, 2.75) is 56.7 Å². The Morgan fingerprint density at radius 3 is 2.42 bits per heavy atom. The number of nitrogens with one attached hydrogen (secondary N) is 1. The maximum atomic E-state index is 11.8. The lowest BCUT2D eigenvalue weighted by atomic mass is 9.79.